The lowest BCUT2D eigenvalue weighted by molar-refractivity contribution is -0.129. The van der Waals surface area contributed by atoms with Crippen LogP contribution in [-0.4, -0.2) is 45.5 Å². The fraction of sp³-hybridized carbons (Fsp3) is 0.550. The summed E-state index contributed by atoms with van der Waals surface area (Å²) in [5, 5.41) is 10.1. The van der Waals surface area contributed by atoms with Crippen LogP contribution in [0.25, 0.3) is 10.6 Å². The fourth-order valence-electron chi connectivity index (χ4n) is 4.15. The van der Waals surface area contributed by atoms with Crippen LogP contribution in [0.2, 0.25) is 0 Å². The highest BCUT2D eigenvalue weighted by Gasteiger charge is 2.35. The molecule has 144 valence electrons. The van der Waals surface area contributed by atoms with Gasteiger partial charge in [0.25, 0.3) is 5.91 Å². The summed E-state index contributed by atoms with van der Waals surface area (Å²) in [6, 6.07) is 6.07. The number of aromatic nitrogens is 2. The summed E-state index contributed by atoms with van der Waals surface area (Å²) in [5.74, 6) is -0.0460. The molecular formula is C20H26N4O2S. The third kappa shape index (κ3) is 4.08. The van der Waals surface area contributed by atoms with Crippen LogP contribution in [-0.2, 0) is 4.79 Å². The summed E-state index contributed by atoms with van der Waals surface area (Å²) >= 11 is 1.66. The molecule has 1 atom stereocenters. The average Bonchev–Trinajstić information content (AvgIpc) is 3.32. The van der Waals surface area contributed by atoms with Crippen molar-refractivity contribution in [1.29, 1.82) is 0 Å². The molecule has 3 heterocycles. The Kier molecular flexibility index (Phi) is 5.29. The van der Waals surface area contributed by atoms with Gasteiger partial charge in [0.2, 0.25) is 5.91 Å². The van der Waals surface area contributed by atoms with Gasteiger partial charge in [-0.1, -0.05) is 25.7 Å². The minimum Gasteiger partial charge on any atom is -0.346 e. The van der Waals surface area contributed by atoms with Gasteiger partial charge in [-0.3, -0.25) is 14.7 Å². The van der Waals surface area contributed by atoms with Crippen molar-refractivity contribution in [3.05, 3.63) is 28.8 Å². The molecule has 1 aliphatic heterocycles. The van der Waals surface area contributed by atoms with E-state index in [1.165, 1.54) is 30.6 Å². The van der Waals surface area contributed by atoms with Crippen LogP contribution in [0.4, 0.5) is 0 Å². The average molecular weight is 387 g/mol. The number of nitrogens with zero attached hydrogens (tertiary/aromatic N) is 2. The summed E-state index contributed by atoms with van der Waals surface area (Å²) in [5.41, 5.74) is 1.22. The highest BCUT2D eigenvalue weighted by Crippen LogP contribution is 2.27. The van der Waals surface area contributed by atoms with Gasteiger partial charge in [0.1, 0.15) is 0 Å². The van der Waals surface area contributed by atoms with E-state index < -0.39 is 0 Å². The number of hydrogen-bond acceptors (Lipinski definition) is 4. The zero-order valence-corrected chi connectivity index (χ0v) is 16.5. The first kappa shape index (κ1) is 18.2. The highest BCUT2D eigenvalue weighted by atomic mass is 32.1. The molecule has 2 aliphatic rings. The number of rotatable bonds is 4. The Morgan fingerprint density at radius 2 is 2.04 bits per heavy atom. The van der Waals surface area contributed by atoms with E-state index in [0.29, 0.717) is 24.7 Å². The summed E-state index contributed by atoms with van der Waals surface area (Å²) in [6.07, 6.45) is 7.51. The van der Waals surface area contributed by atoms with Gasteiger partial charge < -0.3 is 10.2 Å². The van der Waals surface area contributed by atoms with E-state index in [9.17, 15) is 9.59 Å². The molecule has 7 heteroatoms. The normalized spacial score (nSPS) is 21.4. The van der Waals surface area contributed by atoms with Crippen molar-refractivity contribution >= 4 is 23.2 Å². The van der Waals surface area contributed by atoms with Crippen molar-refractivity contribution in [1.82, 2.24) is 20.4 Å². The number of carbonyl (C=O) groups is 2. The Balaban J connectivity index is 1.37. The molecule has 0 bridgehead atoms. The van der Waals surface area contributed by atoms with Crippen LogP contribution in [0.3, 0.4) is 0 Å². The van der Waals surface area contributed by atoms with Crippen LogP contribution in [0.5, 0.6) is 0 Å². The van der Waals surface area contributed by atoms with Crippen molar-refractivity contribution in [2.24, 2.45) is 0 Å². The second-order valence-corrected chi connectivity index (χ2v) is 8.93. The molecular weight excluding hydrogens is 360 g/mol. The Bertz CT molecular complexity index is 820. The van der Waals surface area contributed by atoms with Crippen LogP contribution < -0.4 is 5.32 Å². The predicted molar refractivity (Wildman–Crippen MR) is 106 cm³/mol. The summed E-state index contributed by atoms with van der Waals surface area (Å²) in [4.78, 5) is 29.3. The van der Waals surface area contributed by atoms with E-state index in [0.717, 1.165) is 23.4 Å². The van der Waals surface area contributed by atoms with Crippen LogP contribution in [0.15, 0.2) is 18.2 Å². The molecule has 0 radical (unpaired) electrons. The lowest BCUT2D eigenvalue weighted by Crippen LogP contribution is -2.40. The second-order valence-electron chi connectivity index (χ2n) is 7.64. The lowest BCUT2D eigenvalue weighted by atomic mass is 10.1. The summed E-state index contributed by atoms with van der Waals surface area (Å²) in [6.45, 7) is 2.67. The monoisotopic (exact) mass is 386 g/mol. The standard InChI is InChI=1S/C20H26N4O2S/c1-13-8-9-18(27-13)16-11-17(23-22-16)20(26)21-14-10-19(25)24(12-14)15-6-4-2-3-5-7-15/h8-9,11,14-15H,2-7,10,12H2,1H3,(H,21,26)(H,22,23)/t14-/m0/s1. The van der Waals surface area contributed by atoms with Crippen molar-refractivity contribution < 1.29 is 9.59 Å². The largest absolute Gasteiger partial charge is 0.346 e. The van der Waals surface area contributed by atoms with Gasteiger partial charge in [0.05, 0.1) is 16.6 Å². The number of hydrogen-bond donors (Lipinski definition) is 2. The van der Waals surface area contributed by atoms with Gasteiger partial charge in [0.15, 0.2) is 5.69 Å². The maximum atomic E-state index is 12.6. The molecule has 2 N–H and O–H groups in total. The molecule has 2 fully saturated rings. The first-order chi connectivity index (χ1) is 13.1. The molecule has 2 amide bonds. The number of likely N-dealkylation sites (tertiary alicyclic amines) is 1. The molecule has 4 rings (SSSR count). The zero-order valence-electron chi connectivity index (χ0n) is 15.7. The predicted octanol–water partition coefficient (Wildman–Crippen LogP) is 3.50. The quantitative estimate of drug-likeness (QED) is 0.790. The number of nitrogens with one attached hydrogen (secondary N) is 2. The number of carbonyl (C=O) groups excluding carboxylic acids is 2. The molecule has 2 aromatic heterocycles. The zero-order chi connectivity index (χ0) is 18.8. The Morgan fingerprint density at radius 3 is 2.74 bits per heavy atom. The maximum Gasteiger partial charge on any atom is 0.272 e. The maximum absolute atomic E-state index is 12.6. The van der Waals surface area contributed by atoms with Gasteiger partial charge in [0, 0.05) is 23.9 Å². The van der Waals surface area contributed by atoms with Gasteiger partial charge >= 0.3 is 0 Å². The molecule has 0 spiro atoms. The minimum absolute atomic E-state index is 0.127. The molecule has 1 saturated carbocycles. The van der Waals surface area contributed by atoms with Crippen molar-refractivity contribution in [3.8, 4) is 10.6 Å². The SMILES string of the molecule is Cc1ccc(-c2cc(C(=O)N[C@H]3CC(=O)N(C4CCCCCC4)C3)n[nH]2)s1. The molecule has 0 unspecified atom stereocenters. The van der Waals surface area contributed by atoms with Gasteiger partial charge in [-0.15, -0.1) is 11.3 Å². The molecule has 1 aliphatic carbocycles. The Morgan fingerprint density at radius 1 is 1.26 bits per heavy atom. The van der Waals surface area contributed by atoms with Gasteiger partial charge in [-0.05, 0) is 38.0 Å². The van der Waals surface area contributed by atoms with E-state index in [1.807, 2.05) is 17.0 Å². The van der Waals surface area contributed by atoms with Gasteiger partial charge in [-0.2, -0.15) is 5.10 Å². The van der Waals surface area contributed by atoms with Crippen LogP contribution in [0.1, 0.15) is 60.3 Å². The first-order valence-corrected chi connectivity index (χ1v) is 10.6. The lowest BCUT2D eigenvalue weighted by Gasteiger charge is -2.27. The molecule has 6 nitrogen and oxygen atoms in total. The van der Waals surface area contributed by atoms with E-state index in [4.69, 9.17) is 0 Å². The highest BCUT2D eigenvalue weighted by molar-refractivity contribution is 7.15. The van der Waals surface area contributed by atoms with E-state index in [-0.39, 0.29) is 17.9 Å². The summed E-state index contributed by atoms with van der Waals surface area (Å²) in [7, 11) is 0. The minimum atomic E-state index is -0.216. The number of aromatic amines is 1. The van der Waals surface area contributed by atoms with E-state index in [2.05, 4.69) is 22.4 Å². The number of aryl methyl sites for hydroxylation is 1. The Hall–Kier alpha value is -2.15. The molecule has 0 aromatic carbocycles. The summed E-state index contributed by atoms with van der Waals surface area (Å²) < 4.78 is 0. The number of amides is 2. The topological polar surface area (TPSA) is 78.1 Å². The Labute approximate surface area is 163 Å². The van der Waals surface area contributed by atoms with E-state index in [1.54, 1.807) is 17.4 Å². The molecule has 2 aromatic rings. The van der Waals surface area contributed by atoms with Crippen molar-refractivity contribution in [2.45, 2.75) is 64.0 Å². The van der Waals surface area contributed by atoms with Crippen LogP contribution >= 0.6 is 11.3 Å². The van der Waals surface area contributed by atoms with Gasteiger partial charge in [-0.25, -0.2) is 0 Å². The third-order valence-electron chi connectivity index (χ3n) is 5.58. The molecule has 1 saturated heterocycles. The van der Waals surface area contributed by atoms with E-state index >= 15 is 0 Å². The van der Waals surface area contributed by atoms with Crippen LogP contribution in [0, 0.1) is 6.92 Å². The smallest absolute Gasteiger partial charge is 0.272 e. The number of H-pyrrole nitrogens is 1. The third-order valence-corrected chi connectivity index (χ3v) is 6.61. The first-order valence-electron chi connectivity index (χ1n) is 9.82. The van der Waals surface area contributed by atoms with Crippen molar-refractivity contribution in [3.63, 3.8) is 0 Å². The second kappa shape index (κ2) is 7.84. The van der Waals surface area contributed by atoms with Crippen molar-refractivity contribution in [2.75, 3.05) is 6.54 Å². The number of thiophene rings is 1. The fourth-order valence-corrected chi connectivity index (χ4v) is 4.99. The molecule has 27 heavy (non-hydrogen) atoms.